The van der Waals surface area contributed by atoms with Crippen LogP contribution >= 0.6 is 12.4 Å². The fourth-order valence-electron chi connectivity index (χ4n) is 3.57. The molecule has 1 saturated heterocycles. The Bertz CT molecular complexity index is 731. The normalized spacial score (nSPS) is 17.8. The molecule has 1 atom stereocenters. The Morgan fingerprint density at radius 1 is 1.07 bits per heavy atom. The number of para-hydroxylation sites is 1. The second-order valence-corrected chi connectivity index (χ2v) is 7.07. The van der Waals surface area contributed by atoms with Crippen LogP contribution < -0.4 is 5.32 Å². The van der Waals surface area contributed by atoms with Crippen LogP contribution in [0, 0.1) is 0 Å². The molecule has 0 saturated carbocycles. The van der Waals surface area contributed by atoms with E-state index >= 15 is 0 Å². The van der Waals surface area contributed by atoms with Gasteiger partial charge in [0.25, 0.3) is 5.91 Å². The molecule has 1 unspecified atom stereocenters. The van der Waals surface area contributed by atoms with Gasteiger partial charge in [0.2, 0.25) is 0 Å². The molecule has 1 heterocycles. The fraction of sp³-hybridized carbons (Fsp3) is 0.348. The number of nitrogens with zero attached hydrogens (tertiary/aromatic N) is 1. The number of carbonyl (C=O) groups is 1. The highest BCUT2D eigenvalue weighted by Crippen LogP contribution is 2.23. The van der Waals surface area contributed by atoms with E-state index in [1.54, 1.807) is 0 Å². The molecule has 0 aliphatic carbocycles. The van der Waals surface area contributed by atoms with Crippen LogP contribution in [0.1, 0.15) is 37.7 Å². The van der Waals surface area contributed by atoms with Gasteiger partial charge in [0.1, 0.15) is 0 Å². The predicted molar refractivity (Wildman–Crippen MR) is 116 cm³/mol. The molecular formula is C23H29ClN2O. The van der Waals surface area contributed by atoms with Crippen molar-refractivity contribution in [1.29, 1.82) is 0 Å². The van der Waals surface area contributed by atoms with Crippen molar-refractivity contribution in [2.24, 2.45) is 0 Å². The van der Waals surface area contributed by atoms with Gasteiger partial charge in [0.15, 0.2) is 0 Å². The van der Waals surface area contributed by atoms with Crippen LogP contribution in [0.2, 0.25) is 0 Å². The number of piperidine rings is 1. The van der Waals surface area contributed by atoms with Crippen molar-refractivity contribution in [3.63, 3.8) is 0 Å². The van der Waals surface area contributed by atoms with Crippen LogP contribution in [0.5, 0.6) is 0 Å². The topological polar surface area (TPSA) is 32.3 Å². The van der Waals surface area contributed by atoms with Gasteiger partial charge in [-0.15, -0.1) is 12.4 Å². The SMILES string of the molecule is CN1CCCCC1CCC(=Cc1ccccc1)C(=O)Nc1ccccc1.Cl. The Morgan fingerprint density at radius 2 is 1.74 bits per heavy atom. The summed E-state index contributed by atoms with van der Waals surface area (Å²) in [5.74, 6) is -0.00137. The van der Waals surface area contributed by atoms with E-state index in [-0.39, 0.29) is 18.3 Å². The summed E-state index contributed by atoms with van der Waals surface area (Å²) in [6, 6.07) is 20.4. The number of hydrogen-bond donors (Lipinski definition) is 1. The maximum absolute atomic E-state index is 12.9. The summed E-state index contributed by atoms with van der Waals surface area (Å²) in [5.41, 5.74) is 2.76. The maximum atomic E-state index is 12.9. The largest absolute Gasteiger partial charge is 0.322 e. The third-order valence-corrected chi connectivity index (χ3v) is 5.13. The highest BCUT2D eigenvalue weighted by atomic mass is 35.5. The monoisotopic (exact) mass is 384 g/mol. The van der Waals surface area contributed by atoms with Gasteiger partial charge in [-0.05, 0) is 63.0 Å². The number of amides is 1. The lowest BCUT2D eigenvalue weighted by Gasteiger charge is -2.32. The third-order valence-electron chi connectivity index (χ3n) is 5.13. The third kappa shape index (κ3) is 6.53. The van der Waals surface area contributed by atoms with Crippen molar-refractivity contribution in [1.82, 2.24) is 4.90 Å². The molecule has 1 amide bonds. The van der Waals surface area contributed by atoms with E-state index in [2.05, 4.69) is 17.3 Å². The first kappa shape index (κ1) is 21.2. The Balaban J connectivity index is 0.00000261. The van der Waals surface area contributed by atoms with Gasteiger partial charge < -0.3 is 10.2 Å². The van der Waals surface area contributed by atoms with Crippen molar-refractivity contribution in [3.05, 3.63) is 71.8 Å². The van der Waals surface area contributed by atoms with Gasteiger partial charge in [0, 0.05) is 17.3 Å². The van der Waals surface area contributed by atoms with Crippen LogP contribution in [0.4, 0.5) is 5.69 Å². The molecule has 0 bridgehead atoms. The van der Waals surface area contributed by atoms with Crippen molar-refractivity contribution in [2.45, 2.75) is 38.1 Å². The van der Waals surface area contributed by atoms with E-state index in [1.807, 2.05) is 66.7 Å². The van der Waals surface area contributed by atoms with Crippen molar-refractivity contribution < 1.29 is 4.79 Å². The minimum Gasteiger partial charge on any atom is -0.322 e. The van der Waals surface area contributed by atoms with Gasteiger partial charge in [-0.1, -0.05) is 55.0 Å². The molecule has 1 aliphatic heterocycles. The fourth-order valence-corrected chi connectivity index (χ4v) is 3.57. The number of benzene rings is 2. The average Bonchev–Trinajstić information content (AvgIpc) is 2.68. The number of likely N-dealkylation sites (tertiary alicyclic amines) is 1. The Morgan fingerprint density at radius 3 is 2.41 bits per heavy atom. The number of carbonyl (C=O) groups excluding carboxylic acids is 1. The van der Waals surface area contributed by atoms with E-state index < -0.39 is 0 Å². The molecule has 1 N–H and O–H groups in total. The summed E-state index contributed by atoms with van der Waals surface area (Å²) in [6.45, 7) is 1.17. The number of anilines is 1. The van der Waals surface area contributed by atoms with Gasteiger partial charge >= 0.3 is 0 Å². The van der Waals surface area contributed by atoms with E-state index in [0.29, 0.717) is 6.04 Å². The lowest BCUT2D eigenvalue weighted by atomic mass is 9.95. The number of nitrogens with one attached hydrogen (secondary N) is 1. The minimum absolute atomic E-state index is 0. The summed E-state index contributed by atoms with van der Waals surface area (Å²) in [5, 5.41) is 3.04. The Kier molecular flexibility index (Phi) is 8.56. The van der Waals surface area contributed by atoms with E-state index in [9.17, 15) is 4.79 Å². The van der Waals surface area contributed by atoms with Crippen LogP contribution in [-0.2, 0) is 4.79 Å². The molecule has 4 heteroatoms. The highest BCUT2D eigenvalue weighted by molar-refractivity contribution is 6.06. The van der Waals surface area contributed by atoms with Crippen LogP contribution in [0.25, 0.3) is 6.08 Å². The molecule has 1 aliphatic rings. The van der Waals surface area contributed by atoms with Gasteiger partial charge in [-0.25, -0.2) is 0 Å². The molecule has 0 spiro atoms. The second kappa shape index (κ2) is 10.9. The highest BCUT2D eigenvalue weighted by Gasteiger charge is 2.20. The second-order valence-electron chi connectivity index (χ2n) is 7.07. The zero-order chi connectivity index (χ0) is 18.2. The van der Waals surface area contributed by atoms with Crippen LogP contribution in [0.15, 0.2) is 66.2 Å². The van der Waals surface area contributed by atoms with E-state index in [1.165, 1.54) is 25.8 Å². The Hall–Kier alpha value is -2.10. The quantitative estimate of drug-likeness (QED) is 0.676. The summed E-state index contributed by atoms with van der Waals surface area (Å²) in [4.78, 5) is 15.3. The predicted octanol–water partition coefficient (Wildman–Crippen LogP) is 5.40. The van der Waals surface area contributed by atoms with Gasteiger partial charge in [-0.2, -0.15) is 0 Å². The molecule has 27 heavy (non-hydrogen) atoms. The smallest absolute Gasteiger partial charge is 0.251 e. The van der Waals surface area contributed by atoms with Crippen LogP contribution in [0.3, 0.4) is 0 Å². The first-order valence-corrected chi connectivity index (χ1v) is 9.54. The maximum Gasteiger partial charge on any atom is 0.251 e. The molecule has 2 aromatic rings. The molecule has 144 valence electrons. The molecule has 0 radical (unpaired) electrons. The number of hydrogen-bond acceptors (Lipinski definition) is 2. The molecule has 3 rings (SSSR count). The standard InChI is InChI=1S/C23H28N2O.ClH/c1-25-17-9-8-14-22(25)16-15-20(18-19-10-4-2-5-11-19)23(26)24-21-12-6-3-7-13-21;/h2-7,10-13,18,22H,8-9,14-17H2,1H3,(H,24,26);1H. The number of halogens is 1. The first-order chi connectivity index (χ1) is 12.7. The molecule has 0 aromatic heterocycles. The lowest BCUT2D eigenvalue weighted by molar-refractivity contribution is -0.112. The average molecular weight is 385 g/mol. The van der Waals surface area contributed by atoms with Crippen molar-refractivity contribution >= 4 is 30.1 Å². The zero-order valence-electron chi connectivity index (χ0n) is 15.9. The van der Waals surface area contributed by atoms with Gasteiger partial charge in [0.05, 0.1) is 0 Å². The Labute approximate surface area is 168 Å². The summed E-state index contributed by atoms with van der Waals surface area (Å²) < 4.78 is 0. The molecule has 3 nitrogen and oxygen atoms in total. The van der Waals surface area contributed by atoms with Gasteiger partial charge in [-0.3, -0.25) is 4.79 Å². The molecule has 1 fully saturated rings. The molecular weight excluding hydrogens is 356 g/mol. The summed E-state index contributed by atoms with van der Waals surface area (Å²) in [6.07, 6.45) is 7.66. The van der Waals surface area contributed by atoms with Crippen LogP contribution in [-0.4, -0.2) is 30.4 Å². The molecule has 2 aromatic carbocycles. The zero-order valence-corrected chi connectivity index (χ0v) is 16.8. The van der Waals surface area contributed by atoms with Crippen molar-refractivity contribution in [2.75, 3.05) is 18.9 Å². The van der Waals surface area contributed by atoms with E-state index in [0.717, 1.165) is 29.7 Å². The number of rotatable bonds is 6. The minimum atomic E-state index is -0.00137. The van der Waals surface area contributed by atoms with Crippen molar-refractivity contribution in [3.8, 4) is 0 Å². The summed E-state index contributed by atoms with van der Waals surface area (Å²) >= 11 is 0. The first-order valence-electron chi connectivity index (χ1n) is 9.54. The lowest BCUT2D eigenvalue weighted by Crippen LogP contribution is -2.36. The summed E-state index contributed by atoms with van der Waals surface area (Å²) in [7, 11) is 2.20. The van der Waals surface area contributed by atoms with E-state index in [4.69, 9.17) is 0 Å².